The molecule has 0 fully saturated rings. The number of aryl methyl sites for hydroxylation is 2. The maximum atomic E-state index is 13.5. The van der Waals surface area contributed by atoms with E-state index >= 15 is 0 Å². The van der Waals surface area contributed by atoms with E-state index in [1.807, 2.05) is 33.8 Å². The summed E-state index contributed by atoms with van der Waals surface area (Å²) in [6.07, 6.45) is 3.89. The molecule has 34 heavy (non-hydrogen) atoms. The Balaban J connectivity index is 2.36. The number of carbonyl (C=O) groups excluding carboxylic acids is 1. The predicted molar refractivity (Wildman–Crippen MR) is 129 cm³/mol. The Bertz CT molecular complexity index is 1010. The first-order valence-electron chi connectivity index (χ1n) is 11.2. The number of rotatable bonds is 9. The molecule has 2 aromatic rings. The van der Waals surface area contributed by atoms with E-state index in [0.717, 1.165) is 17.0 Å². The van der Waals surface area contributed by atoms with E-state index in [9.17, 15) is 9.18 Å². The third kappa shape index (κ3) is 9.80. The Morgan fingerprint density at radius 2 is 1.76 bits per heavy atom. The van der Waals surface area contributed by atoms with E-state index in [2.05, 4.69) is 4.98 Å². The molecule has 0 N–H and O–H groups in total. The number of hydrogen-bond acceptors (Lipinski definition) is 7. The highest BCUT2D eigenvalue weighted by molar-refractivity contribution is 5.69. The molecule has 1 heterocycles. The van der Waals surface area contributed by atoms with Crippen molar-refractivity contribution in [1.29, 1.82) is 0 Å². The van der Waals surface area contributed by atoms with Crippen molar-refractivity contribution in [3.05, 3.63) is 65.9 Å². The molecule has 0 saturated heterocycles. The third-order valence-electron chi connectivity index (χ3n) is 4.59. The van der Waals surface area contributed by atoms with Gasteiger partial charge in [-0.05, 0) is 88.6 Å². The van der Waals surface area contributed by atoms with Crippen LogP contribution in [0.25, 0.3) is 11.3 Å². The van der Waals surface area contributed by atoms with Crippen LogP contribution in [0.15, 0.2) is 48.7 Å². The van der Waals surface area contributed by atoms with Crippen LogP contribution in [-0.4, -0.2) is 40.9 Å². The first-order valence-corrected chi connectivity index (χ1v) is 11.2. The van der Waals surface area contributed by atoms with Gasteiger partial charge >= 0.3 is 5.97 Å². The normalized spacial score (nSPS) is 11.2. The summed E-state index contributed by atoms with van der Waals surface area (Å²) >= 11 is 0. The van der Waals surface area contributed by atoms with Crippen LogP contribution < -0.4 is 4.84 Å². The lowest BCUT2D eigenvalue weighted by Crippen LogP contribution is -2.23. The molecule has 7 nitrogen and oxygen atoms in total. The van der Waals surface area contributed by atoms with Gasteiger partial charge in [-0.1, -0.05) is 0 Å². The van der Waals surface area contributed by atoms with Gasteiger partial charge in [0.25, 0.3) is 0 Å². The van der Waals surface area contributed by atoms with Gasteiger partial charge in [-0.15, -0.1) is 0 Å². The minimum atomic E-state index is -0.501. The van der Waals surface area contributed by atoms with E-state index in [1.165, 1.54) is 24.5 Å². The molecule has 0 spiro atoms. The van der Waals surface area contributed by atoms with Crippen molar-refractivity contribution in [2.45, 2.75) is 59.0 Å². The Hall–Kier alpha value is -3.10. The average molecular weight is 472 g/mol. The van der Waals surface area contributed by atoms with E-state index in [-0.39, 0.29) is 11.8 Å². The second-order valence-corrected chi connectivity index (χ2v) is 8.74. The van der Waals surface area contributed by atoms with Crippen molar-refractivity contribution >= 4 is 5.97 Å². The van der Waals surface area contributed by atoms with Crippen molar-refractivity contribution in [3.8, 4) is 17.0 Å². The first kappa shape index (κ1) is 27.1. The molecule has 0 aliphatic carbocycles. The average Bonchev–Trinajstić information content (AvgIpc) is 2.76. The highest BCUT2D eigenvalue weighted by Gasteiger charge is 2.16. The van der Waals surface area contributed by atoms with Gasteiger partial charge in [0.15, 0.2) is 5.75 Å². The Morgan fingerprint density at radius 1 is 1.06 bits per heavy atom. The van der Waals surface area contributed by atoms with Crippen LogP contribution in [0, 0.1) is 12.7 Å². The number of benzene rings is 1. The van der Waals surface area contributed by atoms with E-state index in [1.54, 1.807) is 37.5 Å². The molecule has 2 rings (SSSR count). The number of carbonyl (C=O) groups is 1. The van der Waals surface area contributed by atoms with Crippen LogP contribution in [0.5, 0.6) is 5.75 Å². The maximum absolute atomic E-state index is 13.5. The van der Waals surface area contributed by atoms with Crippen LogP contribution >= 0.6 is 0 Å². The molecule has 1 aromatic carbocycles. The Morgan fingerprint density at radius 3 is 2.41 bits per heavy atom. The monoisotopic (exact) mass is 471 g/mol. The van der Waals surface area contributed by atoms with E-state index < -0.39 is 5.60 Å². The van der Waals surface area contributed by atoms with Crippen LogP contribution in [0.1, 0.15) is 51.4 Å². The summed E-state index contributed by atoms with van der Waals surface area (Å²) in [5, 5.41) is 1.22. The zero-order valence-electron chi connectivity index (χ0n) is 20.8. The summed E-state index contributed by atoms with van der Waals surface area (Å²) in [7, 11) is 3.13. The predicted octanol–water partition coefficient (Wildman–Crippen LogP) is 5.56. The zero-order chi connectivity index (χ0) is 25.1. The van der Waals surface area contributed by atoms with Crippen LogP contribution in [-0.2, 0) is 20.8 Å². The van der Waals surface area contributed by atoms with Crippen LogP contribution in [0.2, 0.25) is 0 Å². The lowest BCUT2D eigenvalue weighted by molar-refractivity contribution is -0.284. The minimum Gasteiger partial charge on any atom is -0.460 e. The largest absolute Gasteiger partial charge is 0.460 e. The lowest BCUT2D eigenvalue weighted by atomic mass is 10.0. The summed E-state index contributed by atoms with van der Waals surface area (Å²) < 4.78 is 18.9. The van der Waals surface area contributed by atoms with Crippen molar-refractivity contribution in [1.82, 2.24) is 15.2 Å². The van der Waals surface area contributed by atoms with Gasteiger partial charge in [-0.25, -0.2) is 4.39 Å². The molecular formula is C26H34FN3O4. The van der Waals surface area contributed by atoms with Gasteiger partial charge in [0, 0.05) is 29.9 Å². The third-order valence-corrected chi connectivity index (χ3v) is 4.59. The highest BCUT2D eigenvalue weighted by atomic mass is 19.1. The molecule has 1 aromatic heterocycles. The smallest absolute Gasteiger partial charge is 0.306 e. The SMILES string of the molecule is CON(C)Oc1ccnc(CCCCC(=O)OC(C)(C)C)c(-c2ccc(F)cc2)nc(C)cc1. The highest BCUT2D eigenvalue weighted by Crippen LogP contribution is 2.22. The molecule has 0 saturated carbocycles. The fourth-order valence-corrected chi connectivity index (χ4v) is 3.02. The lowest BCUT2D eigenvalue weighted by Gasteiger charge is -2.19. The van der Waals surface area contributed by atoms with Gasteiger partial charge in [-0.3, -0.25) is 19.6 Å². The standard InChI is InChI=1S/C26H34FN3O4/c1-19-11-16-22(34-30(5)32-6)17-18-28-23(9-7-8-10-24(31)33-26(2,3)4)25(29-19)20-12-14-21(27)15-13-20/h11-18H,7-10H2,1-6H3. The summed E-state index contributed by atoms with van der Waals surface area (Å²) in [5.41, 5.74) is 2.35. The molecule has 8 heteroatoms. The van der Waals surface area contributed by atoms with E-state index in [4.69, 9.17) is 19.4 Å². The van der Waals surface area contributed by atoms with Crippen molar-refractivity contribution in [2.24, 2.45) is 0 Å². The minimum absolute atomic E-state index is 0.222. The summed E-state index contributed by atoms with van der Waals surface area (Å²) in [6, 6.07) is 11.5. The summed E-state index contributed by atoms with van der Waals surface area (Å²) in [4.78, 5) is 32.0. The first-order chi connectivity index (χ1) is 16.1. The molecule has 184 valence electrons. The van der Waals surface area contributed by atoms with E-state index in [0.29, 0.717) is 37.1 Å². The van der Waals surface area contributed by atoms with Crippen molar-refractivity contribution < 1.29 is 23.6 Å². The number of hydrogen-bond donors (Lipinski definition) is 0. The molecule has 0 unspecified atom stereocenters. The number of ether oxygens (including phenoxy) is 1. The molecule has 0 atom stereocenters. The molecule has 0 aliphatic heterocycles. The van der Waals surface area contributed by atoms with Gasteiger partial charge in [0.1, 0.15) is 11.4 Å². The van der Waals surface area contributed by atoms with Crippen LogP contribution in [0.4, 0.5) is 4.39 Å². The molecule has 0 aliphatic rings. The quantitative estimate of drug-likeness (QED) is 0.269. The number of nitrogens with zero attached hydrogens (tertiary/aromatic N) is 3. The fourth-order valence-electron chi connectivity index (χ4n) is 3.02. The van der Waals surface area contributed by atoms with Crippen molar-refractivity contribution in [2.75, 3.05) is 14.2 Å². The van der Waals surface area contributed by atoms with Crippen LogP contribution in [0.3, 0.4) is 0 Å². The summed E-state index contributed by atoms with van der Waals surface area (Å²) in [5.74, 6) is -0.0305. The topological polar surface area (TPSA) is 73.8 Å². The van der Waals surface area contributed by atoms with Gasteiger partial charge in [-0.2, -0.15) is 0 Å². The number of unbranched alkanes of at least 4 members (excludes halogenated alkanes) is 1. The molecule has 0 amide bonds. The fraction of sp³-hybridized carbons (Fsp3) is 0.423. The Kier molecular flexibility index (Phi) is 10.3. The molecular weight excluding hydrogens is 437 g/mol. The second kappa shape index (κ2) is 13.0. The number of halogens is 1. The molecule has 0 radical (unpaired) electrons. The van der Waals surface area contributed by atoms with Gasteiger partial charge < -0.3 is 9.57 Å². The molecule has 0 bridgehead atoms. The Labute approximate surface area is 201 Å². The van der Waals surface area contributed by atoms with Gasteiger partial charge in [0.05, 0.1) is 25.5 Å². The summed E-state index contributed by atoms with van der Waals surface area (Å²) in [6.45, 7) is 7.42. The number of hydroxylamine groups is 2. The van der Waals surface area contributed by atoms with Crippen molar-refractivity contribution in [3.63, 3.8) is 0 Å². The second-order valence-electron chi connectivity index (χ2n) is 8.74. The zero-order valence-corrected chi connectivity index (χ0v) is 20.8. The number of esters is 1. The maximum Gasteiger partial charge on any atom is 0.306 e. The van der Waals surface area contributed by atoms with Gasteiger partial charge in [0.2, 0.25) is 0 Å². The number of aromatic nitrogens is 2.